The zero-order valence-corrected chi connectivity index (χ0v) is 15.2. The molecule has 1 unspecified atom stereocenters. The molecule has 6 heteroatoms. The van der Waals surface area contributed by atoms with Crippen LogP contribution in [-0.2, 0) is 16.4 Å². The molecule has 1 atom stereocenters. The maximum absolute atomic E-state index is 12.4. The quantitative estimate of drug-likeness (QED) is 0.708. The van der Waals surface area contributed by atoms with Gasteiger partial charge in [0.25, 0.3) is 0 Å². The molecule has 0 aliphatic carbocycles. The molecule has 25 heavy (non-hydrogen) atoms. The molecule has 0 amide bonds. The van der Waals surface area contributed by atoms with Crippen LogP contribution in [-0.4, -0.2) is 31.5 Å². The van der Waals surface area contributed by atoms with Gasteiger partial charge in [-0.2, -0.15) is 0 Å². The Kier molecular flexibility index (Phi) is 6.11. The summed E-state index contributed by atoms with van der Waals surface area (Å²) in [5, 5.41) is 10.4. The van der Waals surface area contributed by atoms with Crippen LogP contribution in [0.1, 0.15) is 36.2 Å². The van der Waals surface area contributed by atoms with E-state index in [1.165, 1.54) is 25.1 Å². The Morgan fingerprint density at radius 3 is 2.44 bits per heavy atom. The van der Waals surface area contributed by atoms with Gasteiger partial charge in [0.2, 0.25) is 10.0 Å². The van der Waals surface area contributed by atoms with E-state index in [-0.39, 0.29) is 17.2 Å². The van der Waals surface area contributed by atoms with Gasteiger partial charge >= 0.3 is 0 Å². The van der Waals surface area contributed by atoms with Crippen molar-refractivity contribution in [3.63, 3.8) is 0 Å². The largest absolute Gasteiger partial charge is 0.389 e. The number of sulfonamides is 1. The SMILES string of the molecule is CC(=O)c1cccc(S(=O)(=O)NCC(C)(O)CCc2ccccc2)c1. The van der Waals surface area contributed by atoms with Crippen molar-refractivity contribution in [2.45, 2.75) is 37.2 Å². The molecule has 0 fully saturated rings. The lowest BCUT2D eigenvalue weighted by Gasteiger charge is -2.23. The lowest BCUT2D eigenvalue weighted by molar-refractivity contribution is 0.0565. The minimum Gasteiger partial charge on any atom is -0.389 e. The van der Waals surface area contributed by atoms with Crippen LogP contribution in [0.5, 0.6) is 0 Å². The molecule has 2 aromatic carbocycles. The summed E-state index contributed by atoms with van der Waals surface area (Å²) in [5.41, 5.74) is 0.236. The number of hydrogen-bond donors (Lipinski definition) is 2. The molecule has 0 radical (unpaired) electrons. The van der Waals surface area contributed by atoms with Crippen LogP contribution in [0.25, 0.3) is 0 Å². The smallest absolute Gasteiger partial charge is 0.240 e. The number of benzene rings is 2. The van der Waals surface area contributed by atoms with E-state index in [1.54, 1.807) is 13.0 Å². The number of carbonyl (C=O) groups excluding carboxylic acids is 1. The van der Waals surface area contributed by atoms with E-state index in [4.69, 9.17) is 0 Å². The first-order valence-corrected chi connectivity index (χ1v) is 9.55. The highest BCUT2D eigenvalue weighted by atomic mass is 32.2. The Labute approximate surface area is 148 Å². The lowest BCUT2D eigenvalue weighted by Crippen LogP contribution is -2.40. The van der Waals surface area contributed by atoms with E-state index in [1.807, 2.05) is 30.3 Å². The van der Waals surface area contributed by atoms with Gasteiger partial charge in [-0.15, -0.1) is 0 Å². The summed E-state index contributed by atoms with van der Waals surface area (Å²) in [4.78, 5) is 11.4. The van der Waals surface area contributed by atoms with Crippen molar-refractivity contribution < 1.29 is 18.3 Å². The van der Waals surface area contributed by atoms with Gasteiger partial charge in [-0.1, -0.05) is 42.5 Å². The third-order valence-electron chi connectivity index (χ3n) is 3.99. The summed E-state index contributed by atoms with van der Waals surface area (Å²) >= 11 is 0. The van der Waals surface area contributed by atoms with Crippen molar-refractivity contribution in [2.24, 2.45) is 0 Å². The molecule has 0 aliphatic heterocycles. The van der Waals surface area contributed by atoms with E-state index in [0.29, 0.717) is 18.4 Å². The summed E-state index contributed by atoms with van der Waals surface area (Å²) in [6, 6.07) is 15.6. The second-order valence-electron chi connectivity index (χ2n) is 6.39. The Balaban J connectivity index is 2.00. The van der Waals surface area contributed by atoms with Crippen LogP contribution in [0, 0.1) is 0 Å². The zero-order valence-electron chi connectivity index (χ0n) is 14.4. The molecule has 2 aromatic rings. The van der Waals surface area contributed by atoms with E-state index >= 15 is 0 Å². The molecule has 0 aromatic heterocycles. The maximum atomic E-state index is 12.4. The van der Waals surface area contributed by atoms with Gasteiger partial charge in [0.1, 0.15) is 0 Å². The van der Waals surface area contributed by atoms with Gasteiger partial charge in [-0.05, 0) is 44.4 Å². The number of hydrogen-bond acceptors (Lipinski definition) is 4. The lowest BCUT2D eigenvalue weighted by atomic mass is 9.97. The second kappa shape index (κ2) is 7.91. The number of ketones is 1. The summed E-state index contributed by atoms with van der Waals surface area (Å²) in [6.45, 7) is 2.88. The minimum absolute atomic E-state index is 0.0130. The topological polar surface area (TPSA) is 83.5 Å². The number of carbonyl (C=O) groups is 1. The molecule has 0 heterocycles. The molecular weight excluding hydrogens is 338 g/mol. The maximum Gasteiger partial charge on any atom is 0.240 e. The molecule has 0 bridgehead atoms. The van der Waals surface area contributed by atoms with E-state index in [9.17, 15) is 18.3 Å². The van der Waals surface area contributed by atoms with Crippen molar-refractivity contribution in [2.75, 3.05) is 6.54 Å². The predicted molar refractivity (Wildman–Crippen MR) is 97.0 cm³/mol. The van der Waals surface area contributed by atoms with Crippen LogP contribution in [0.4, 0.5) is 0 Å². The van der Waals surface area contributed by atoms with E-state index in [0.717, 1.165) is 5.56 Å². The first-order valence-electron chi connectivity index (χ1n) is 8.07. The van der Waals surface area contributed by atoms with Crippen molar-refractivity contribution in [1.82, 2.24) is 4.72 Å². The Hall–Kier alpha value is -2.02. The van der Waals surface area contributed by atoms with Gasteiger partial charge in [-0.3, -0.25) is 4.79 Å². The Morgan fingerprint density at radius 2 is 1.80 bits per heavy atom. The third-order valence-corrected chi connectivity index (χ3v) is 5.39. The van der Waals surface area contributed by atoms with E-state index < -0.39 is 15.6 Å². The van der Waals surface area contributed by atoms with Crippen LogP contribution < -0.4 is 4.72 Å². The molecule has 5 nitrogen and oxygen atoms in total. The zero-order chi connectivity index (χ0) is 18.5. The molecule has 0 saturated carbocycles. The highest BCUT2D eigenvalue weighted by Crippen LogP contribution is 2.16. The number of rotatable bonds is 8. The number of aliphatic hydroxyl groups is 1. The summed E-state index contributed by atoms with van der Waals surface area (Å²) in [6.07, 6.45) is 1.07. The van der Waals surface area contributed by atoms with Crippen molar-refractivity contribution >= 4 is 15.8 Å². The highest BCUT2D eigenvalue weighted by Gasteiger charge is 2.24. The van der Waals surface area contributed by atoms with E-state index in [2.05, 4.69) is 4.72 Å². The average molecular weight is 361 g/mol. The first kappa shape index (κ1) is 19.3. The standard InChI is InChI=1S/C19H23NO4S/c1-15(21)17-9-6-10-18(13-17)25(23,24)20-14-19(2,22)12-11-16-7-4-3-5-8-16/h3-10,13,20,22H,11-12,14H2,1-2H3. The summed E-state index contributed by atoms with van der Waals surface area (Å²) in [7, 11) is -3.79. The van der Waals surface area contributed by atoms with Crippen LogP contribution in [0.2, 0.25) is 0 Å². The molecule has 0 saturated heterocycles. The molecule has 0 spiro atoms. The molecule has 0 aliphatic rings. The summed E-state index contributed by atoms with van der Waals surface area (Å²) in [5.74, 6) is -0.202. The number of Topliss-reactive ketones (excluding diaryl/α,β-unsaturated/α-hetero) is 1. The van der Waals surface area contributed by atoms with Gasteiger partial charge in [-0.25, -0.2) is 13.1 Å². The predicted octanol–water partition coefficient (Wildman–Crippen LogP) is 2.55. The number of nitrogens with one attached hydrogen (secondary N) is 1. The highest BCUT2D eigenvalue weighted by molar-refractivity contribution is 7.89. The van der Waals surface area contributed by atoms with Crippen molar-refractivity contribution in [1.29, 1.82) is 0 Å². The molecular formula is C19H23NO4S. The Morgan fingerprint density at radius 1 is 1.12 bits per heavy atom. The van der Waals surface area contributed by atoms with Crippen LogP contribution in [0.3, 0.4) is 0 Å². The van der Waals surface area contributed by atoms with Gasteiger partial charge in [0.15, 0.2) is 5.78 Å². The Bertz CT molecular complexity index is 830. The van der Waals surface area contributed by atoms with Gasteiger partial charge < -0.3 is 5.11 Å². The molecule has 2 rings (SSSR count). The van der Waals surface area contributed by atoms with Crippen LogP contribution >= 0.6 is 0 Å². The normalized spacial score (nSPS) is 14.0. The second-order valence-corrected chi connectivity index (χ2v) is 8.16. The first-order chi connectivity index (χ1) is 11.7. The van der Waals surface area contributed by atoms with Crippen LogP contribution in [0.15, 0.2) is 59.5 Å². The summed E-state index contributed by atoms with van der Waals surface area (Å²) < 4.78 is 27.2. The third kappa shape index (κ3) is 5.77. The fourth-order valence-corrected chi connectivity index (χ4v) is 3.57. The fourth-order valence-electron chi connectivity index (χ4n) is 2.36. The van der Waals surface area contributed by atoms with Crippen molar-refractivity contribution in [3.05, 3.63) is 65.7 Å². The molecule has 134 valence electrons. The van der Waals surface area contributed by atoms with Crippen molar-refractivity contribution in [3.8, 4) is 0 Å². The van der Waals surface area contributed by atoms with Gasteiger partial charge in [0, 0.05) is 12.1 Å². The van der Waals surface area contributed by atoms with Gasteiger partial charge in [0.05, 0.1) is 10.5 Å². The average Bonchev–Trinajstić information content (AvgIpc) is 2.60. The fraction of sp³-hybridized carbons (Fsp3) is 0.316. The minimum atomic E-state index is -3.79. The number of aryl methyl sites for hydroxylation is 1. The monoisotopic (exact) mass is 361 g/mol. The molecule has 2 N–H and O–H groups in total.